The molecule has 2 aromatic rings. The maximum Gasteiger partial charge on any atom is 0.303 e. The van der Waals surface area contributed by atoms with Crippen molar-refractivity contribution in [1.82, 2.24) is 9.88 Å². The van der Waals surface area contributed by atoms with Crippen molar-refractivity contribution < 1.29 is 9.90 Å². The molecule has 1 aromatic carbocycles. The van der Waals surface area contributed by atoms with E-state index in [4.69, 9.17) is 5.11 Å². The number of benzene rings is 1. The van der Waals surface area contributed by atoms with E-state index in [2.05, 4.69) is 37.9 Å². The largest absolute Gasteiger partial charge is 0.481 e. The van der Waals surface area contributed by atoms with Gasteiger partial charge in [-0.2, -0.15) is 0 Å². The van der Waals surface area contributed by atoms with Gasteiger partial charge in [-0.3, -0.25) is 4.79 Å². The minimum absolute atomic E-state index is 0.179. The maximum absolute atomic E-state index is 10.8. The van der Waals surface area contributed by atoms with Gasteiger partial charge in [0.15, 0.2) is 0 Å². The number of carbonyl (C=O) groups is 1. The number of carboxylic acids is 1. The summed E-state index contributed by atoms with van der Waals surface area (Å²) >= 11 is 3.50. The fourth-order valence-corrected chi connectivity index (χ4v) is 3.18. The third-order valence-electron chi connectivity index (χ3n) is 3.64. The summed E-state index contributed by atoms with van der Waals surface area (Å²) in [5, 5.41) is 13.5. The van der Waals surface area contributed by atoms with E-state index in [1.54, 1.807) is 0 Å². The smallest absolute Gasteiger partial charge is 0.303 e. The average Bonchev–Trinajstić information content (AvgIpc) is 2.69. The van der Waals surface area contributed by atoms with Gasteiger partial charge in [-0.1, -0.05) is 15.9 Å². The molecule has 2 heterocycles. The van der Waals surface area contributed by atoms with Crippen LogP contribution in [0.3, 0.4) is 0 Å². The summed E-state index contributed by atoms with van der Waals surface area (Å²) < 4.78 is 3.35. The number of nitrogens with zero attached hydrogens (tertiary/aromatic N) is 1. The molecular formula is C14H15BrN2O2. The minimum Gasteiger partial charge on any atom is -0.481 e. The minimum atomic E-state index is -0.744. The first kappa shape index (κ1) is 12.7. The third-order valence-corrected chi connectivity index (χ3v) is 4.14. The first-order valence-corrected chi connectivity index (χ1v) is 7.18. The van der Waals surface area contributed by atoms with Crippen LogP contribution in [0, 0.1) is 0 Å². The lowest BCUT2D eigenvalue weighted by molar-refractivity contribution is -0.136. The van der Waals surface area contributed by atoms with Crippen LogP contribution in [0.2, 0.25) is 0 Å². The van der Waals surface area contributed by atoms with Gasteiger partial charge in [-0.05, 0) is 30.2 Å². The molecule has 0 amide bonds. The molecule has 0 saturated carbocycles. The van der Waals surface area contributed by atoms with Crippen molar-refractivity contribution >= 4 is 32.8 Å². The maximum atomic E-state index is 10.8. The average molecular weight is 323 g/mol. The Morgan fingerprint density at radius 3 is 3.11 bits per heavy atom. The Labute approximate surface area is 119 Å². The van der Waals surface area contributed by atoms with Crippen LogP contribution in [0.1, 0.15) is 17.7 Å². The number of hydrogen-bond donors (Lipinski definition) is 2. The molecule has 1 aliphatic rings. The van der Waals surface area contributed by atoms with Crippen molar-refractivity contribution in [2.75, 3.05) is 6.54 Å². The fourth-order valence-electron chi connectivity index (χ4n) is 2.82. The second kappa shape index (κ2) is 4.98. The summed E-state index contributed by atoms with van der Waals surface area (Å²) in [5.41, 5.74) is 3.62. The lowest BCUT2D eigenvalue weighted by Gasteiger charge is -2.18. The molecule has 1 aliphatic heterocycles. The highest BCUT2D eigenvalue weighted by Gasteiger charge is 2.19. The van der Waals surface area contributed by atoms with Crippen molar-refractivity contribution in [1.29, 1.82) is 0 Å². The molecule has 100 valence electrons. The summed E-state index contributed by atoms with van der Waals surface area (Å²) in [4.78, 5) is 10.8. The molecular weight excluding hydrogens is 308 g/mol. The number of fused-ring (bicyclic) bond motifs is 3. The summed E-state index contributed by atoms with van der Waals surface area (Å²) in [7, 11) is 0. The Morgan fingerprint density at radius 1 is 1.47 bits per heavy atom. The van der Waals surface area contributed by atoms with E-state index >= 15 is 0 Å². The zero-order valence-electron chi connectivity index (χ0n) is 10.4. The van der Waals surface area contributed by atoms with Crippen LogP contribution < -0.4 is 5.32 Å². The van der Waals surface area contributed by atoms with Gasteiger partial charge in [0.2, 0.25) is 0 Å². The van der Waals surface area contributed by atoms with Gasteiger partial charge < -0.3 is 15.0 Å². The van der Waals surface area contributed by atoms with Gasteiger partial charge in [0.25, 0.3) is 0 Å². The number of aryl methyl sites for hydroxylation is 1. The number of carboxylic acid groups (broad SMARTS) is 1. The molecule has 0 bridgehead atoms. The zero-order valence-corrected chi connectivity index (χ0v) is 12.0. The second-order valence-electron chi connectivity index (χ2n) is 4.81. The lowest BCUT2D eigenvalue weighted by atomic mass is 10.1. The van der Waals surface area contributed by atoms with Gasteiger partial charge in [-0.15, -0.1) is 0 Å². The molecule has 0 spiro atoms. The molecule has 0 fully saturated rings. The van der Waals surface area contributed by atoms with E-state index in [0.717, 1.165) is 24.1 Å². The van der Waals surface area contributed by atoms with Crippen LogP contribution in [0.15, 0.2) is 22.7 Å². The van der Waals surface area contributed by atoms with Crippen LogP contribution >= 0.6 is 15.9 Å². The third kappa shape index (κ3) is 2.28. The van der Waals surface area contributed by atoms with Crippen molar-refractivity contribution in [3.8, 4) is 0 Å². The number of nitrogens with one attached hydrogen (secondary N) is 1. The predicted molar refractivity (Wildman–Crippen MR) is 77.3 cm³/mol. The molecule has 4 nitrogen and oxygen atoms in total. The lowest BCUT2D eigenvalue weighted by Crippen LogP contribution is -2.28. The molecule has 1 aromatic heterocycles. The Hall–Kier alpha value is -1.33. The number of hydrogen-bond acceptors (Lipinski definition) is 2. The standard InChI is InChI=1S/C14H15BrN2O2/c15-9-1-3-12-11(7-9)10(2-4-14(18)19)13-8-16-5-6-17(12)13/h1,3,7,16H,2,4-6,8H2,(H,18,19). The van der Waals surface area contributed by atoms with Gasteiger partial charge in [0.05, 0.1) is 0 Å². The number of aliphatic carboxylic acids is 1. The van der Waals surface area contributed by atoms with Crippen LogP contribution in [0.25, 0.3) is 10.9 Å². The van der Waals surface area contributed by atoms with E-state index < -0.39 is 5.97 Å². The van der Waals surface area contributed by atoms with Crippen molar-refractivity contribution in [3.05, 3.63) is 33.9 Å². The van der Waals surface area contributed by atoms with Gasteiger partial charge in [0, 0.05) is 47.1 Å². The summed E-state index contributed by atoms with van der Waals surface area (Å²) in [6.07, 6.45) is 0.769. The summed E-state index contributed by atoms with van der Waals surface area (Å²) in [6.45, 7) is 2.73. The van der Waals surface area contributed by atoms with Crippen LogP contribution in [-0.4, -0.2) is 22.2 Å². The number of rotatable bonds is 3. The highest BCUT2D eigenvalue weighted by Crippen LogP contribution is 2.31. The van der Waals surface area contributed by atoms with E-state index in [1.165, 1.54) is 22.2 Å². The Morgan fingerprint density at radius 2 is 2.32 bits per heavy atom. The molecule has 0 radical (unpaired) electrons. The summed E-state index contributed by atoms with van der Waals surface area (Å²) in [6, 6.07) is 6.25. The van der Waals surface area contributed by atoms with E-state index in [0.29, 0.717) is 6.42 Å². The Bertz CT molecular complexity index is 648. The normalized spacial score (nSPS) is 14.6. The van der Waals surface area contributed by atoms with Gasteiger partial charge >= 0.3 is 5.97 Å². The Balaban J connectivity index is 2.16. The zero-order chi connectivity index (χ0) is 13.4. The number of halogens is 1. The molecule has 0 unspecified atom stereocenters. The molecule has 3 rings (SSSR count). The summed E-state index contributed by atoms with van der Waals surface area (Å²) in [5.74, 6) is -0.744. The molecule has 5 heteroatoms. The van der Waals surface area contributed by atoms with Gasteiger partial charge in [0.1, 0.15) is 0 Å². The molecule has 2 N–H and O–H groups in total. The topological polar surface area (TPSA) is 54.3 Å². The van der Waals surface area contributed by atoms with E-state index in [-0.39, 0.29) is 6.42 Å². The Kier molecular flexibility index (Phi) is 3.33. The van der Waals surface area contributed by atoms with Crippen LogP contribution in [0.5, 0.6) is 0 Å². The van der Waals surface area contributed by atoms with Gasteiger partial charge in [-0.25, -0.2) is 0 Å². The molecule has 0 saturated heterocycles. The highest BCUT2D eigenvalue weighted by atomic mass is 79.9. The first-order valence-electron chi connectivity index (χ1n) is 6.39. The molecule has 0 aliphatic carbocycles. The van der Waals surface area contributed by atoms with E-state index in [1.807, 2.05) is 6.07 Å². The second-order valence-corrected chi connectivity index (χ2v) is 5.72. The highest BCUT2D eigenvalue weighted by molar-refractivity contribution is 9.10. The SMILES string of the molecule is O=C(O)CCc1c2n(c3ccc(Br)cc13)CCNC2. The van der Waals surface area contributed by atoms with Crippen molar-refractivity contribution in [2.24, 2.45) is 0 Å². The first-order chi connectivity index (χ1) is 9.16. The van der Waals surface area contributed by atoms with E-state index in [9.17, 15) is 4.79 Å². The monoisotopic (exact) mass is 322 g/mol. The molecule has 19 heavy (non-hydrogen) atoms. The number of aromatic nitrogens is 1. The van der Waals surface area contributed by atoms with Crippen LogP contribution in [0.4, 0.5) is 0 Å². The van der Waals surface area contributed by atoms with Crippen molar-refractivity contribution in [3.63, 3.8) is 0 Å². The fraction of sp³-hybridized carbons (Fsp3) is 0.357. The van der Waals surface area contributed by atoms with Crippen molar-refractivity contribution in [2.45, 2.75) is 25.9 Å². The predicted octanol–water partition coefficient (Wildman–Crippen LogP) is 2.52. The molecule has 0 atom stereocenters. The van der Waals surface area contributed by atoms with Crippen LogP contribution in [-0.2, 0) is 24.3 Å². The quantitative estimate of drug-likeness (QED) is 0.913.